The summed E-state index contributed by atoms with van der Waals surface area (Å²) in [4.78, 5) is 15.2. The van der Waals surface area contributed by atoms with E-state index in [-0.39, 0.29) is 5.91 Å². The molecule has 0 unspecified atom stereocenters. The Labute approximate surface area is 175 Å². The van der Waals surface area contributed by atoms with Crippen LogP contribution in [0.25, 0.3) is 11.1 Å². The van der Waals surface area contributed by atoms with Crippen LogP contribution in [0.15, 0.2) is 42.5 Å². The predicted molar refractivity (Wildman–Crippen MR) is 120 cm³/mol. The molecule has 2 aromatic rings. The average molecular weight is 395 g/mol. The highest BCUT2D eigenvalue weighted by Gasteiger charge is 2.23. The van der Waals surface area contributed by atoms with E-state index in [2.05, 4.69) is 49.2 Å². The van der Waals surface area contributed by atoms with Crippen LogP contribution < -0.4 is 10.1 Å². The zero-order chi connectivity index (χ0) is 20.8. The van der Waals surface area contributed by atoms with Crippen LogP contribution in [0.2, 0.25) is 0 Å². The first-order valence-electron chi connectivity index (χ1n) is 10.8. The number of carbonyl (C=O) groups excluding carboxylic acids is 1. The fourth-order valence-corrected chi connectivity index (χ4v) is 4.34. The van der Waals surface area contributed by atoms with Crippen LogP contribution in [-0.4, -0.2) is 43.6 Å². The zero-order valence-corrected chi connectivity index (χ0v) is 18.2. The third-order valence-electron chi connectivity index (χ3n) is 5.77. The Bertz CT molecular complexity index is 831. The van der Waals surface area contributed by atoms with Crippen LogP contribution in [0.5, 0.6) is 5.75 Å². The monoisotopic (exact) mass is 394 g/mol. The van der Waals surface area contributed by atoms with Crippen molar-refractivity contribution in [2.45, 2.75) is 46.1 Å². The molecular weight excluding hydrogens is 360 g/mol. The molecular formula is C25H34N2O2. The lowest BCUT2D eigenvalue weighted by Gasteiger charge is -2.23. The lowest BCUT2D eigenvalue weighted by atomic mass is 9.95. The molecule has 2 aromatic carbocycles. The summed E-state index contributed by atoms with van der Waals surface area (Å²) in [7, 11) is 1.72. The summed E-state index contributed by atoms with van der Waals surface area (Å²) < 4.78 is 5.77. The van der Waals surface area contributed by atoms with Crippen molar-refractivity contribution in [1.82, 2.24) is 10.2 Å². The normalized spacial score (nSPS) is 16.9. The van der Waals surface area contributed by atoms with Gasteiger partial charge in [0.25, 0.3) is 5.91 Å². The van der Waals surface area contributed by atoms with Gasteiger partial charge in [0, 0.05) is 23.7 Å². The summed E-state index contributed by atoms with van der Waals surface area (Å²) >= 11 is 0. The van der Waals surface area contributed by atoms with Gasteiger partial charge in [0.2, 0.25) is 0 Å². The summed E-state index contributed by atoms with van der Waals surface area (Å²) in [5, 5.41) is 3.14. The van der Waals surface area contributed by atoms with Crippen LogP contribution in [0.1, 0.15) is 49.5 Å². The maximum absolute atomic E-state index is 12.8. The number of amides is 1. The van der Waals surface area contributed by atoms with Crippen LogP contribution in [0.3, 0.4) is 0 Å². The first-order valence-corrected chi connectivity index (χ1v) is 10.8. The molecule has 0 aromatic heterocycles. The molecule has 0 aliphatic carbocycles. The largest absolute Gasteiger partial charge is 0.496 e. The van der Waals surface area contributed by atoms with Gasteiger partial charge >= 0.3 is 0 Å². The number of carbonyl (C=O) groups is 1. The number of hydrogen-bond donors (Lipinski definition) is 1. The predicted octanol–water partition coefficient (Wildman–Crippen LogP) is 4.77. The molecule has 0 bridgehead atoms. The van der Waals surface area contributed by atoms with E-state index in [0.29, 0.717) is 24.1 Å². The van der Waals surface area contributed by atoms with Crippen molar-refractivity contribution in [3.8, 4) is 16.9 Å². The van der Waals surface area contributed by atoms with Crippen molar-refractivity contribution in [2.75, 3.05) is 26.7 Å². The standard InChI is InChI=1S/C25H34N2O2/c1-5-27-14-8-12-22(27)17-26-25(28)21-11-6-9-19(16-21)23-13-7-10-20(15-18(2)3)24(23)29-4/h6-7,9-11,13,16,18,22H,5,8,12,14-15,17H2,1-4H3,(H,26,28)/t22-/m0/s1. The van der Waals surface area contributed by atoms with E-state index in [1.807, 2.05) is 24.3 Å². The summed E-state index contributed by atoms with van der Waals surface area (Å²) in [5.41, 5.74) is 3.94. The molecule has 1 aliphatic rings. The van der Waals surface area contributed by atoms with E-state index >= 15 is 0 Å². The Morgan fingerprint density at radius 2 is 2.03 bits per heavy atom. The van der Waals surface area contributed by atoms with Crippen molar-refractivity contribution in [3.63, 3.8) is 0 Å². The van der Waals surface area contributed by atoms with Crippen molar-refractivity contribution in [1.29, 1.82) is 0 Å². The van der Waals surface area contributed by atoms with Gasteiger partial charge in [-0.25, -0.2) is 0 Å². The first kappa shape index (κ1) is 21.4. The lowest BCUT2D eigenvalue weighted by molar-refractivity contribution is 0.0941. The van der Waals surface area contributed by atoms with E-state index < -0.39 is 0 Å². The fourth-order valence-electron chi connectivity index (χ4n) is 4.34. The van der Waals surface area contributed by atoms with E-state index in [4.69, 9.17) is 4.74 Å². The Kier molecular flexibility index (Phi) is 7.32. The number of likely N-dealkylation sites (tertiary alicyclic amines) is 1. The minimum Gasteiger partial charge on any atom is -0.496 e. The number of likely N-dealkylation sites (N-methyl/N-ethyl adjacent to an activating group) is 1. The van der Waals surface area contributed by atoms with Gasteiger partial charge < -0.3 is 10.1 Å². The molecule has 1 heterocycles. The minimum absolute atomic E-state index is 0.00731. The quantitative estimate of drug-likeness (QED) is 0.701. The maximum atomic E-state index is 12.8. The number of nitrogens with zero attached hydrogens (tertiary/aromatic N) is 1. The Morgan fingerprint density at radius 1 is 1.24 bits per heavy atom. The van der Waals surface area contributed by atoms with E-state index in [9.17, 15) is 4.79 Å². The molecule has 1 saturated heterocycles. The third kappa shape index (κ3) is 5.18. The van der Waals surface area contributed by atoms with Crippen molar-refractivity contribution in [3.05, 3.63) is 53.6 Å². The Morgan fingerprint density at radius 3 is 2.76 bits per heavy atom. The number of methoxy groups -OCH3 is 1. The maximum Gasteiger partial charge on any atom is 0.251 e. The van der Waals surface area contributed by atoms with Gasteiger partial charge in [-0.05, 0) is 61.5 Å². The summed E-state index contributed by atoms with van der Waals surface area (Å²) in [6.07, 6.45) is 3.34. The Balaban J connectivity index is 1.78. The van der Waals surface area contributed by atoms with E-state index in [1.165, 1.54) is 12.0 Å². The molecule has 29 heavy (non-hydrogen) atoms. The van der Waals surface area contributed by atoms with Gasteiger partial charge in [0.1, 0.15) is 5.75 Å². The molecule has 4 nitrogen and oxygen atoms in total. The topological polar surface area (TPSA) is 41.6 Å². The van der Waals surface area contributed by atoms with Crippen LogP contribution >= 0.6 is 0 Å². The van der Waals surface area contributed by atoms with Gasteiger partial charge in [-0.1, -0.05) is 51.1 Å². The molecule has 156 valence electrons. The van der Waals surface area contributed by atoms with Crippen LogP contribution in [0, 0.1) is 5.92 Å². The Hall–Kier alpha value is -2.33. The van der Waals surface area contributed by atoms with Gasteiger partial charge in [-0.3, -0.25) is 9.69 Å². The second-order valence-corrected chi connectivity index (χ2v) is 8.31. The summed E-state index contributed by atoms with van der Waals surface area (Å²) in [5.74, 6) is 1.45. The smallest absolute Gasteiger partial charge is 0.251 e. The van der Waals surface area contributed by atoms with E-state index in [1.54, 1.807) is 7.11 Å². The van der Waals surface area contributed by atoms with E-state index in [0.717, 1.165) is 42.8 Å². The first-order chi connectivity index (χ1) is 14.0. The van der Waals surface area contributed by atoms with Crippen molar-refractivity contribution >= 4 is 5.91 Å². The fraction of sp³-hybridized carbons (Fsp3) is 0.480. The minimum atomic E-state index is -0.00731. The zero-order valence-electron chi connectivity index (χ0n) is 18.2. The van der Waals surface area contributed by atoms with Gasteiger partial charge in [0.05, 0.1) is 7.11 Å². The summed E-state index contributed by atoms with van der Waals surface area (Å²) in [6, 6.07) is 14.6. The molecule has 1 N–H and O–H groups in total. The van der Waals surface area contributed by atoms with Crippen molar-refractivity contribution in [2.24, 2.45) is 5.92 Å². The second kappa shape index (κ2) is 9.93. The molecule has 3 rings (SSSR count). The summed E-state index contributed by atoms with van der Waals surface area (Å²) in [6.45, 7) is 9.50. The molecule has 1 aliphatic heterocycles. The lowest BCUT2D eigenvalue weighted by Crippen LogP contribution is -2.40. The number of ether oxygens (including phenoxy) is 1. The number of rotatable bonds is 8. The number of benzene rings is 2. The van der Waals surface area contributed by atoms with Crippen LogP contribution in [-0.2, 0) is 6.42 Å². The number of para-hydroxylation sites is 1. The SMILES string of the molecule is CCN1CCC[C@H]1CNC(=O)c1cccc(-c2cccc(CC(C)C)c2OC)c1. The number of nitrogens with one attached hydrogen (secondary N) is 1. The molecule has 1 fully saturated rings. The van der Waals surface area contributed by atoms with Gasteiger partial charge in [-0.15, -0.1) is 0 Å². The van der Waals surface area contributed by atoms with Gasteiger partial charge in [-0.2, -0.15) is 0 Å². The number of hydrogen-bond acceptors (Lipinski definition) is 3. The van der Waals surface area contributed by atoms with Crippen molar-refractivity contribution < 1.29 is 9.53 Å². The highest BCUT2D eigenvalue weighted by molar-refractivity contribution is 5.95. The molecule has 4 heteroatoms. The molecule has 1 atom stereocenters. The molecule has 1 amide bonds. The highest BCUT2D eigenvalue weighted by Crippen LogP contribution is 2.34. The molecule has 0 radical (unpaired) electrons. The second-order valence-electron chi connectivity index (χ2n) is 8.31. The highest BCUT2D eigenvalue weighted by atomic mass is 16.5. The van der Waals surface area contributed by atoms with Gasteiger partial charge in [0.15, 0.2) is 0 Å². The molecule has 0 saturated carbocycles. The van der Waals surface area contributed by atoms with Crippen LogP contribution in [0.4, 0.5) is 0 Å². The molecule has 0 spiro atoms. The third-order valence-corrected chi connectivity index (χ3v) is 5.77. The average Bonchev–Trinajstić information content (AvgIpc) is 3.19.